The second-order valence-electron chi connectivity index (χ2n) is 5.22. The molecule has 0 saturated heterocycles. The zero-order valence-electron chi connectivity index (χ0n) is 11.8. The van der Waals surface area contributed by atoms with Crippen LogP contribution in [0.5, 0.6) is 0 Å². The van der Waals surface area contributed by atoms with Gasteiger partial charge in [0.25, 0.3) is 0 Å². The molecule has 2 N–H and O–H groups in total. The van der Waals surface area contributed by atoms with Crippen molar-refractivity contribution in [3.63, 3.8) is 0 Å². The summed E-state index contributed by atoms with van der Waals surface area (Å²) in [7, 11) is 0. The van der Waals surface area contributed by atoms with Crippen molar-refractivity contribution in [2.45, 2.75) is 31.2 Å². The van der Waals surface area contributed by atoms with Gasteiger partial charge in [-0.3, -0.25) is 0 Å². The number of carbonyl (C=O) groups is 1. The molecule has 0 heterocycles. The van der Waals surface area contributed by atoms with Gasteiger partial charge in [-0.1, -0.05) is 52.9 Å². The van der Waals surface area contributed by atoms with Crippen LogP contribution in [0, 0.1) is 0 Å². The number of hydrogen-bond donors (Lipinski definition) is 2. The quantitative estimate of drug-likeness (QED) is 0.397. The van der Waals surface area contributed by atoms with Crippen molar-refractivity contribution in [3.05, 3.63) is 35.9 Å². The van der Waals surface area contributed by atoms with E-state index in [1.54, 1.807) is 0 Å². The number of alkyl halides is 1. The number of hydrogen-bond acceptors (Lipinski definition) is 3. The van der Waals surface area contributed by atoms with Crippen molar-refractivity contribution >= 4 is 28.7 Å². The maximum atomic E-state index is 10.4. The Kier molecular flexibility index (Phi) is 6.25. The maximum Gasteiger partial charge on any atom is 0.404 e. The third-order valence-corrected chi connectivity index (χ3v) is 4.95. The highest BCUT2D eigenvalue weighted by molar-refractivity contribution is 14.1. The smallest absolute Gasteiger partial charge is 0.404 e. The zero-order chi connectivity index (χ0) is 15.1. The number of amides is 1. The second kappa shape index (κ2) is 7.95. The SMILES string of the molecule is O=C(O)NCCOC1(CI)CC(OCc2ccccc2)C1. The predicted octanol–water partition coefficient (Wildman–Crippen LogP) is 2.82. The molecule has 2 rings (SSSR count). The van der Waals surface area contributed by atoms with Crippen LogP contribution in [0.2, 0.25) is 0 Å². The molecule has 1 amide bonds. The fraction of sp³-hybridized carbons (Fsp3) is 0.533. The van der Waals surface area contributed by atoms with Gasteiger partial charge in [-0.15, -0.1) is 0 Å². The van der Waals surface area contributed by atoms with E-state index in [0.29, 0.717) is 19.8 Å². The van der Waals surface area contributed by atoms with E-state index in [-0.39, 0.29) is 11.7 Å². The molecule has 116 valence electrons. The lowest BCUT2D eigenvalue weighted by atomic mass is 9.79. The number of carboxylic acid groups (broad SMARTS) is 1. The Hall–Kier alpha value is -0.860. The van der Waals surface area contributed by atoms with Gasteiger partial charge in [0, 0.05) is 23.8 Å². The van der Waals surface area contributed by atoms with Gasteiger partial charge in [-0.05, 0) is 5.56 Å². The van der Waals surface area contributed by atoms with Crippen molar-refractivity contribution in [3.8, 4) is 0 Å². The average Bonchev–Trinajstić information content (AvgIpc) is 2.45. The van der Waals surface area contributed by atoms with Crippen LogP contribution in [0.15, 0.2) is 30.3 Å². The van der Waals surface area contributed by atoms with E-state index in [0.717, 1.165) is 17.3 Å². The largest absolute Gasteiger partial charge is 0.465 e. The van der Waals surface area contributed by atoms with Crippen LogP contribution in [0.25, 0.3) is 0 Å². The molecule has 0 unspecified atom stereocenters. The fourth-order valence-electron chi connectivity index (χ4n) is 2.37. The minimum Gasteiger partial charge on any atom is -0.465 e. The van der Waals surface area contributed by atoms with Crippen molar-refractivity contribution in [2.24, 2.45) is 0 Å². The van der Waals surface area contributed by atoms with E-state index in [2.05, 4.69) is 40.0 Å². The minimum atomic E-state index is -1.01. The molecular formula is C15H20INO4. The molecule has 1 saturated carbocycles. The third kappa shape index (κ3) is 5.12. The molecule has 0 atom stereocenters. The second-order valence-corrected chi connectivity index (χ2v) is 5.99. The third-order valence-electron chi connectivity index (χ3n) is 3.56. The van der Waals surface area contributed by atoms with E-state index in [1.807, 2.05) is 18.2 Å². The molecule has 21 heavy (non-hydrogen) atoms. The molecule has 1 aromatic rings. The van der Waals surface area contributed by atoms with Crippen molar-refractivity contribution in [1.29, 1.82) is 0 Å². The summed E-state index contributed by atoms with van der Waals surface area (Å²) in [5.74, 6) is 0. The molecule has 0 bridgehead atoms. The van der Waals surface area contributed by atoms with Gasteiger partial charge in [0.05, 0.1) is 24.9 Å². The molecule has 5 nitrogen and oxygen atoms in total. The molecular weight excluding hydrogens is 385 g/mol. The van der Waals surface area contributed by atoms with Crippen LogP contribution in [0.3, 0.4) is 0 Å². The Labute approximate surface area is 138 Å². The highest BCUT2D eigenvalue weighted by atomic mass is 127. The van der Waals surface area contributed by atoms with Crippen molar-refractivity contribution < 1.29 is 19.4 Å². The van der Waals surface area contributed by atoms with Crippen LogP contribution in [-0.4, -0.2) is 40.5 Å². The van der Waals surface area contributed by atoms with Gasteiger partial charge in [-0.2, -0.15) is 0 Å². The zero-order valence-corrected chi connectivity index (χ0v) is 13.9. The molecule has 6 heteroatoms. The van der Waals surface area contributed by atoms with Crippen molar-refractivity contribution in [2.75, 3.05) is 17.6 Å². The Morgan fingerprint density at radius 3 is 2.71 bits per heavy atom. The van der Waals surface area contributed by atoms with E-state index in [4.69, 9.17) is 14.6 Å². The molecule has 0 aromatic heterocycles. The fourth-order valence-corrected chi connectivity index (χ4v) is 3.21. The summed E-state index contributed by atoms with van der Waals surface area (Å²) in [6, 6.07) is 10.1. The standard InChI is InChI=1S/C15H20INO4/c16-11-15(21-7-6-17-14(18)19)8-13(9-15)20-10-12-4-2-1-3-5-12/h1-5,13,17H,6-11H2,(H,18,19). The van der Waals surface area contributed by atoms with E-state index in [1.165, 1.54) is 5.56 Å². The summed E-state index contributed by atoms with van der Waals surface area (Å²) in [5, 5.41) is 10.8. The lowest BCUT2D eigenvalue weighted by Gasteiger charge is -2.46. The molecule has 1 fully saturated rings. The summed E-state index contributed by atoms with van der Waals surface area (Å²) < 4.78 is 12.6. The summed E-state index contributed by atoms with van der Waals surface area (Å²) in [5.41, 5.74) is 1.03. The minimum absolute atomic E-state index is 0.151. The molecule has 1 aromatic carbocycles. The predicted molar refractivity (Wildman–Crippen MR) is 87.9 cm³/mol. The van der Waals surface area contributed by atoms with Gasteiger partial charge < -0.3 is 19.9 Å². The van der Waals surface area contributed by atoms with Gasteiger partial charge in [0.1, 0.15) is 0 Å². The lowest BCUT2D eigenvalue weighted by molar-refractivity contribution is -0.160. The summed E-state index contributed by atoms with van der Waals surface area (Å²) in [4.78, 5) is 10.4. The molecule has 0 aliphatic heterocycles. The number of benzene rings is 1. The van der Waals surface area contributed by atoms with E-state index < -0.39 is 6.09 Å². The van der Waals surface area contributed by atoms with E-state index in [9.17, 15) is 4.79 Å². The van der Waals surface area contributed by atoms with Gasteiger partial charge in [0.15, 0.2) is 0 Å². The van der Waals surface area contributed by atoms with Crippen LogP contribution < -0.4 is 5.32 Å². The summed E-state index contributed by atoms with van der Waals surface area (Å²) >= 11 is 2.32. The number of nitrogens with one attached hydrogen (secondary N) is 1. The molecule has 1 aliphatic carbocycles. The number of ether oxygens (including phenoxy) is 2. The monoisotopic (exact) mass is 405 g/mol. The molecule has 0 radical (unpaired) electrons. The first-order valence-electron chi connectivity index (χ1n) is 6.96. The topological polar surface area (TPSA) is 67.8 Å². The van der Waals surface area contributed by atoms with Crippen LogP contribution in [0.1, 0.15) is 18.4 Å². The first-order valence-corrected chi connectivity index (χ1v) is 8.48. The lowest BCUT2D eigenvalue weighted by Crippen LogP contribution is -2.52. The summed E-state index contributed by atoms with van der Waals surface area (Å²) in [6.07, 6.45) is 0.957. The van der Waals surface area contributed by atoms with Crippen LogP contribution in [0.4, 0.5) is 4.79 Å². The highest BCUT2D eigenvalue weighted by Gasteiger charge is 2.45. The van der Waals surface area contributed by atoms with Crippen molar-refractivity contribution in [1.82, 2.24) is 5.32 Å². The Bertz CT molecular complexity index is 448. The van der Waals surface area contributed by atoms with E-state index >= 15 is 0 Å². The van der Waals surface area contributed by atoms with Gasteiger partial charge in [-0.25, -0.2) is 4.79 Å². The number of halogens is 1. The maximum absolute atomic E-state index is 10.4. The van der Waals surface area contributed by atoms with Gasteiger partial charge >= 0.3 is 6.09 Å². The highest BCUT2D eigenvalue weighted by Crippen LogP contribution is 2.39. The molecule has 1 aliphatic rings. The number of rotatable bonds is 8. The van der Waals surface area contributed by atoms with Gasteiger partial charge in [0.2, 0.25) is 0 Å². The Morgan fingerprint density at radius 2 is 2.10 bits per heavy atom. The first-order chi connectivity index (χ1) is 10.1. The molecule has 0 spiro atoms. The Balaban J connectivity index is 1.66. The Morgan fingerprint density at radius 1 is 1.38 bits per heavy atom. The summed E-state index contributed by atoms with van der Waals surface area (Å²) in [6.45, 7) is 1.35. The van der Waals surface area contributed by atoms with Crippen LogP contribution >= 0.6 is 22.6 Å². The average molecular weight is 405 g/mol. The first kappa shape index (κ1) is 16.5. The van der Waals surface area contributed by atoms with Crippen LogP contribution in [-0.2, 0) is 16.1 Å². The normalized spacial score (nSPS) is 24.3.